The van der Waals surface area contributed by atoms with Gasteiger partial charge in [0, 0.05) is 208 Å². The highest BCUT2D eigenvalue weighted by Gasteiger charge is 2.41. The molecule has 0 aliphatic carbocycles. The van der Waals surface area contributed by atoms with Crippen molar-refractivity contribution in [1.29, 1.82) is 0 Å². The van der Waals surface area contributed by atoms with Gasteiger partial charge in [0.05, 0.1) is 95.9 Å². The highest BCUT2D eigenvalue weighted by atomic mass is 16.2. The molecule has 0 radical (unpaired) electrons. The average Bonchev–Trinajstić information content (AvgIpc) is 1.16. The van der Waals surface area contributed by atoms with E-state index in [1.54, 1.807) is 27.7 Å². The van der Waals surface area contributed by atoms with Gasteiger partial charge in [0.25, 0.3) is 39.0 Å². The number of aromatic amines is 6. The molecule has 0 bridgehead atoms. The zero-order valence-corrected chi connectivity index (χ0v) is 77.9. The lowest BCUT2D eigenvalue weighted by Crippen LogP contribution is -2.53. The van der Waals surface area contributed by atoms with Gasteiger partial charge in [0.15, 0.2) is 0 Å². The minimum Gasteiger partial charge on any atom is -0.354 e. The largest absolute Gasteiger partial charge is 0.354 e. The van der Waals surface area contributed by atoms with E-state index < -0.39 is 322 Å². The van der Waals surface area contributed by atoms with Gasteiger partial charge in [-0.15, -0.1) is 0 Å². The molecular formula is C102H132N36O6. The topological polar surface area (TPSA) is 417 Å². The predicted octanol–water partition coefficient (Wildman–Crippen LogP) is 11.2. The minimum absolute atomic E-state index is 0.0314. The van der Waals surface area contributed by atoms with Crippen LogP contribution in [0.1, 0.15) is 211 Å². The zero-order valence-electron chi connectivity index (χ0n) is 149. The molecule has 6 aliphatic heterocycles. The number of nitrogens with one attached hydrogen (secondary N) is 6. The van der Waals surface area contributed by atoms with Crippen LogP contribution >= 0.6 is 0 Å². The van der Waals surface area contributed by atoms with Crippen LogP contribution in [0.3, 0.4) is 0 Å². The van der Waals surface area contributed by atoms with E-state index >= 15 is 0 Å². The van der Waals surface area contributed by atoms with Crippen LogP contribution in [0.25, 0.3) is 95.3 Å². The van der Waals surface area contributed by atoms with Crippen LogP contribution in [0.5, 0.6) is 0 Å². The Morgan fingerprint density at radius 3 is 0.861 bits per heavy atom. The molecule has 12 aromatic rings. The number of piperidine rings is 6. The van der Waals surface area contributed by atoms with Crippen molar-refractivity contribution in [2.75, 3.05) is 189 Å². The van der Waals surface area contributed by atoms with Crippen molar-refractivity contribution in [3.05, 3.63) is 177 Å². The van der Waals surface area contributed by atoms with Crippen LogP contribution in [-0.4, -0.2) is 350 Å². The normalized spacial score (nSPS) is 37.9. The van der Waals surface area contributed by atoms with Crippen molar-refractivity contribution in [3.8, 4) is 0 Å². The van der Waals surface area contributed by atoms with E-state index in [-0.39, 0.29) is 145 Å². The molecule has 0 saturated carbocycles. The van der Waals surface area contributed by atoms with Crippen LogP contribution in [-0.2, 0) is 28.8 Å². The number of anilines is 6. The number of nitrogens with zero attached hydrogens (tertiary/aromatic N) is 30. The third kappa shape index (κ3) is 24.5. The second kappa shape index (κ2) is 47.7. The Balaban J connectivity index is 0.000000206. The molecule has 0 aromatic carbocycles. The molecule has 6 amide bonds. The van der Waals surface area contributed by atoms with Gasteiger partial charge in [-0.25, -0.2) is 99.2 Å². The third-order valence-corrected chi connectivity index (χ3v) is 20.5. The molecule has 0 spiro atoms. The molecule has 756 valence electrons. The minimum atomic E-state index is -4.44. The zero-order chi connectivity index (χ0) is 166. The van der Waals surface area contributed by atoms with E-state index in [9.17, 15) is 30.1 Å². The molecule has 6 N–H and O–H groups in total. The molecule has 18 heterocycles. The summed E-state index contributed by atoms with van der Waals surface area (Å²) in [6, 6.07) is -16.3. The molecule has 0 unspecified atom stereocenters. The summed E-state index contributed by atoms with van der Waals surface area (Å²) in [5.74, 6) is -30.2. The maximum atomic E-state index is 13.2. The lowest BCUT2D eigenvalue weighted by molar-refractivity contribution is -0.131. The Kier molecular flexibility index (Phi) is 15.4. The van der Waals surface area contributed by atoms with Crippen LogP contribution in [0.2, 0.25) is 0 Å². The number of carbonyl (C=O) groups excluding carboxylic acids is 6. The van der Waals surface area contributed by atoms with E-state index in [2.05, 4.69) is 119 Å². The van der Waals surface area contributed by atoms with Crippen LogP contribution in [0, 0.1) is 116 Å². The fourth-order valence-electron chi connectivity index (χ4n) is 13.9. The summed E-state index contributed by atoms with van der Waals surface area (Å²) < 4.78 is 589. The molecule has 42 nitrogen and oxygen atoms in total. The van der Waals surface area contributed by atoms with Gasteiger partial charge in [-0.3, -0.25) is 28.8 Å². The highest BCUT2D eigenvalue weighted by Crippen LogP contribution is 2.38. The van der Waals surface area contributed by atoms with Gasteiger partial charge in [0.1, 0.15) is 123 Å². The number of aryl methyl sites for hydroxylation is 6. The fourth-order valence-corrected chi connectivity index (χ4v) is 13.9. The maximum absolute atomic E-state index is 13.2. The number of rotatable bonds is 18. The summed E-state index contributed by atoms with van der Waals surface area (Å²) in [4.78, 5) is 159. The second-order valence-corrected chi connectivity index (χ2v) is 30.4. The van der Waals surface area contributed by atoms with Gasteiger partial charge in [-0.05, 0) is 151 Å². The van der Waals surface area contributed by atoms with E-state index in [4.69, 9.17) is 135 Å². The number of hydrogen-bond donors (Lipinski definition) is 6. The highest BCUT2D eigenvalue weighted by molar-refractivity contribution is 5.94. The standard InChI is InChI=1S/6C17H22N6O/c6*1-11-5-6-23(15(24)8-18-3)9-14(11)22(4)17-13-7-12(2)21-16(13)19-10-20-17/h6*7,10-11,14H,5-6,8-9H2,1-2,4H3,(H,19,20,21)/t6*11-,14+/m111111/s1/i1D3,4D3,5D2,6D2,7D,8D2,9D2,11D,14D;1D3,5D2,6D2,7D,8D2,9D2,11D;5D2,6D2,7D,8D2,9D2,14D;5D2,6D2,7D,8D2,9D2,11D;1D3,5D2,6D2,7D,8D2,9D2;5D2,6D2,7D,8D2,9D2. The average molecular weight is 2030 g/mol. The number of hydrogen-bond acceptors (Lipinski definition) is 24. The Bertz CT molecular complexity index is 10600. The Morgan fingerprint density at radius 1 is 0.326 bits per heavy atom. The first-order chi connectivity index (χ1) is 96.3. The van der Waals surface area contributed by atoms with Gasteiger partial charge in [0.2, 0.25) is 0 Å². The summed E-state index contributed by atoms with van der Waals surface area (Å²) in [7, 11) is 5.99. The molecule has 42 heteroatoms. The van der Waals surface area contributed by atoms with E-state index in [0.29, 0.717) is 34.8 Å². The molecule has 6 aliphatic rings. The number of likely N-dealkylation sites (tertiary alicyclic amines) is 6. The van der Waals surface area contributed by atoms with Crippen molar-refractivity contribution >= 4 is 137 Å². The Hall–Kier alpha value is -15.7. The molecule has 12 aromatic heterocycles. The number of amides is 6. The lowest BCUT2D eigenvalue weighted by atomic mass is 9.92. The van der Waals surface area contributed by atoms with Crippen molar-refractivity contribution in [3.63, 3.8) is 0 Å². The van der Waals surface area contributed by atoms with E-state index in [1.165, 1.54) is 53.1 Å². The molecule has 6 saturated heterocycles. The second-order valence-electron chi connectivity index (χ2n) is 30.4. The van der Waals surface area contributed by atoms with Crippen molar-refractivity contribution in [2.24, 2.45) is 35.4 Å². The lowest BCUT2D eigenvalue weighted by Gasteiger charge is -2.41. The summed E-state index contributed by atoms with van der Waals surface area (Å²) in [6.07, 6.45) is -14.8. The fraction of sp³-hybridized carbons (Fsp3) is 0.529. The first-order valence-corrected chi connectivity index (χ1v) is 41.5. The summed E-state index contributed by atoms with van der Waals surface area (Å²) in [5.41, 5.74) is 2.67. The first-order valence-electron chi connectivity index (χ1n) is 77.0. The monoisotopic (exact) mass is 2030 g/mol. The van der Waals surface area contributed by atoms with Gasteiger partial charge in [-0.2, -0.15) is 0 Å². The Labute approximate surface area is 939 Å². The number of likely N-dealkylation sites (N-methyl/N-ethyl adjacent to an activating group) is 6. The SMILES string of the molecule is [2H]c1c(C)[nH]c2ncnc(N(C([2H])([2H])[2H])[C@@]3([2H])C([2H])([2H])N(C(=O)C([2H])([2H])[N+]#[C-])C([2H])([2H])C([2H])([2H])[C@@]3([2H])C([2H])([2H])[2H])c12.[2H]c1c(C)[nH]c2ncnc(N(C)[C@@H]3[C@H](C([2H])([2H])[2H])C([2H])([2H])C([2H])([2H])N(C(=O)C([2H])([2H])[N+]#[C-])C3([2H])[2H])c12.[2H]c1c(C)[nH]c2ncnc(N(C)[C@@H]3[C@H](C)C([2H])([2H])C([2H])([2H])N(C(=O)C([2H])([2H])[N+]#[C-])C3([2H])[2H])c12.[2H]c1c(C)[nH]c2ncnc(N(C)[C@H]3C([2H])([2H])N(C(=O)C([2H])([2H])[N+]#[C-])C([2H])([2H])C([2H])([2H])[C@@]3([2H])C([2H])([2H])[2H])c12.[2H]c1c(C)[nH]c2ncnc(N(C)[C@H]3C([2H])([2H])N(C(=O)C([2H])([2H])[N+]#[C-])C([2H])([2H])C([2H])([2H])[C@@]3([2H])C)c12.[2H]c1c(C)[nH]c2ncnc(N(C)[C@]3([2H])[C@H](C)C([2H])([2H])C([2H])([2H])N(C(=O)C([2H])([2H])[N+]#[C-])C3([2H])[2H])c12. The van der Waals surface area contributed by atoms with Crippen molar-refractivity contribution in [2.45, 2.75) is 157 Å². The molecular weight excluding hydrogens is 1830 g/mol. The number of fused-ring (bicyclic) bond motifs is 6. The van der Waals surface area contributed by atoms with Crippen molar-refractivity contribution in [1.82, 2.24) is 119 Å². The molecule has 12 atom stereocenters. The van der Waals surface area contributed by atoms with Gasteiger partial charge in [-0.1, -0.05) is 41.3 Å². The summed E-state index contributed by atoms with van der Waals surface area (Å²) in [5, 5.41) is -0.0713. The molecule has 6 fully saturated rings. The van der Waals surface area contributed by atoms with Gasteiger partial charge >= 0.3 is 35.4 Å². The smallest absolute Gasteiger partial charge is 0.302 e. The number of aromatic nitrogens is 18. The third-order valence-electron chi connectivity index (χ3n) is 20.5. The van der Waals surface area contributed by atoms with Gasteiger partial charge < -0.3 is 118 Å². The summed E-state index contributed by atoms with van der Waals surface area (Å²) >= 11 is 0. The Morgan fingerprint density at radius 2 is 0.562 bits per heavy atom. The first kappa shape index (κ1) is 46.6. The maximum Gasteiger partial charge on any atom is 0.302 e. The number of H-pyrrole nitrogens is 6. The summed E-state index contributed by atoms with van der Waals surface area (Å²) in [6.45, 7) is -24.8. The van der Waals surface area contributed by atoms with E-state index in [0.717, 1.165) is 72.9 Å². The van der Waals surface area contributed by atoms with Crippen LogP contribution < -0.4 is 29.4 Å². The van der Waals surface area contributed by atoms with Crippen LogP contribution in [0.4, 0.5) is 34.9 Å². The quantitative estimate of drug-likeness (QED) is 0.0435. The molecule has 144 heavy (non-hydrogen) atoms. The molecule has 18 rings (SSSR count). The van der Waals surface area contributed by atoms with E-state index in [1.807, 2.05) is 0 Å². The van der Waals surface area contributed by atoms with Crippen molar-refractivity contribution < 1.29 is 126 Å². The predicted molar refractivity (Wildman–Crippen MR) is 556 cm³/mol. The van der Waals surface area contributed by atoms with Crippen LogP contribution in [0.15, 0.2) is 74.2 Å². The number of carbonyl (C=O) groups is 6.